The normalized spacial score (nSPS) is 16.9. The summed E-state index contributed by atoms with van der Waals surface area (Å²) in [6.07, 6.45) is 8.51. The lowest BCUT2D eigenvalue weighted by atomic mass is 9.72. The van der Waals surface area contributed by atoms with Gasteiger partial charge in [-0.05, 0) is 18.9 Å². The van der Waals surface area contributed by atoms with Crippen molar-refractivity contribution in [2.24, 2.45) is 5.41 Å². The highest BCUT2D eigenvalue weighted by molar-refractivity contribution is 5.15. The van der Waals surface area contributed by atoms with Crippen molar-refractivity contribution in [2.45, 2.75) is 45.1 Å². The molecule has 0 aromatic carbocycles. The van der Waals surface area contributed by atoms with Crippen LogP contribution in [0.2, 0.25) is 0 Å². The molecule has 5 nitrogen and oxygen atoms in total. The molecule has 23 heavy (non-hydrogen) atoms. The lowest BCUT2D eigenvalue weighted by molar-refractivity contribution is 0.263. The number of rotatable bonds is 4. The molecule has 0 bridgehead atoms. The highest BCUT2D eigenvalue weighted by atomic mass is 19.2. The molecule has 2 heterocycles. The Morgan fingerprint density at radius 2 is 2.04 bits per heavy atom. The zero-order chi connectivity index (χ0) is 16.3. The van der Waals surface area contributed by atoms with Gasteiger partial charge in [0.2, 0.25) is 5.95 Å². The summed E-state index contributed by atoms with van der Waals surface area (Å²) in [6, 6.07) is 3.86. The number of pyridine rings is 1. The maximum Gasteiger partial charge on any atom is 0.249 e. The highest BCUT2D eigenvalue weighted by Crippen LogP contribution is 2.38. The molecule has 2 aromatic heterocycles. The van der Waals surface area contributed by atoms with Crippen LogP contribution in [0.3, 0.4) is 0 Å². The molecule has 7 heteroatoms. The number of hydrogen-bond donors (Lipinski definition) is 0. The van der Waals surface area contributed by atoms with E-state index in [1.807, 2.05) is 0 Å². The number of nitriles is 1. The van der Waals surface area contributed by atoms with Crippen molar-refractivity contribution in [3.05, 3.63) is 41.5 Å². The summed E-state index contributed by atoms with van der Waals surface area (Å²) in [5.41, 5.74) is 0.512. The Morgan fingerprint density at radius 1 is 1.26 bits per heavy atom. The van der Waals surface area contributed by atoms with Gasteiger partial charge in [-0.25, -0.2) is 14.1 Å². The minimum absolute atomic E-state index is 0.0812. The van der Waals surface area contributed by atoms with Crippen molar-refractivity contribution in [3.8, 4) is 6.07 Å². The Balaban J connectivity index is 1.73. The monoisotopic (exact) mass is 317 g/mol. The average molecular weight is 317 g/mol. The van der Waals surface area contributed by atoms with Crippen LogP contribution >= 0.6 is 0 Å². The van der Waals surface area contributed by atoms with Crippen LogP contribution in [0.15, 0.2) is 18.5 Å². The van der Waals surface area contributed by atoms with Crippen LogP contribution in [-0.2, 0) is 13.0 Å². The number of halogens is 2. The van der Waals surface area contributed by atoms with Crippen LogP contribution in [0.25, 0.3) is 0 Å². The van der Waals surface area contributed by atoms with E-state index in [1.54, 1.807) is 6.20 Å². The van der Waals surface area contributed by atoms with Gasteiger partial charge >= 0.3 is 0 Å². The maximum absolute atomic E-state index is 13.6. The van der Waals surface area contributed by atoms with Crippen molar-refractivity contribution in [1.82, 2.24) is 20.0 Å². The van der Waals surface area contributed by atoms with Crippen molar-refractivity contribution in [1.29, 1.82) is 5.26 Å². The van der Waals surface area contributed by atoms with Crippen LogP contribution in [0, 0.1) is 28.5 Å². The second kappa shape index (κ2) is 6.41. The van der Waals surface area contributed by atoms with Gasteiger partial charge in [-0.15, -0.1) is 5.10 Å². The van der Waals surface area contributed by atoms with Crippen molar-refractivity contribution >= 4 is 0 Å². The quantitative estimate of drug-likeness (QED) is 0.813. The van der Waals surface area contributed by atoms with Crippen LogP contribution < -0.4 is 0 Å². The molecule has 2 aromatic rings. The summed E-state index contributed by atoms with van der Waals surface area (Å²) < 4.78 is 28.2. The molecule has 0 N–H and O–H groups in total. The highest BCUT2D eigenvalue weighted by Gasteiger charge is 2.33. The van der Waals surface area contributed by atoms with Gasteiger partial charge in [0.25, 0.3) is 0 Å². The second-order valence-electron chi connectivity index (χ2n) is 6.11. The first-order valence-corrected chi connectivity index (χ1v) is 7.71. The average Bonchev–Trinajstić information content (AvgIpc) is 2.99. The lowest BCUT2D eigenvalue weighted by Gasteiger charge is -2.29. The van der Waals surface area contributed by atoms with E-state index in [9.17, 15) is 14.0 Å². The van der Waals surface area contributed by atoms with Crippen LogP contribution in [0.5, 0.6) is 0 Å². The number of nitrogens with zero attached hydrogens (tertiary/aromatic N) is 5. The van der Waals surface area contributed by atoms with Gasteiger partial charge in [0.15, 0.2) is 5.82 Å². The smallest absolute Gasteiger partial charge is 0.248 e. The summed E-state index contributed by atoms with van der Waals surface area (Å²) >= 11 is 0. The zero-order valence-corrected chi connectivity index (χ0v) is 12.7. The molecule has 1 aliphatic carbocycles. The Morgan fingerprint density at radius 3 is 2.78 bits per heavy atom. The fourth-order valence-electron chi connectivity index (χ4n) is 3.15. The predicted molar refractivity (Wildman–Crippen MR) is 78.1 cm³/mol. The third-order valence-corrected chi connectivity index (χ3v) is 4.41. The van der Waals surface area contributed by atoms with Crippen LogP contribution in [0.4, 0.5) is 8.78 Å². The molecular weight excluding hydrogens is 300 g/mol. The largest absolute Gasteiger partial charge is 0.249 e. The summed E-state index contributed by atoms with van der Waals surface area (Å²) in [7, 11) is 0. The lowest BCUT2D eigenvalue weighted by Crippen LogP contribution is -2.25. The molecule has 0 atom stereocenters. The van der Waals surface area contributed by atoms with E-state index >= 15 is 0 Å². The van der Waals surface area contributed by atoms with Crippen molar-refractivity contribution in [2.75, 3.05) is 0 Å². The fourth-order valence-corrected chi connectivity index (χ4v) is 3.15. The molecule has 0 unspecified atom stereocenters. The molecule has 0 spiro atoms. The van der Waals surface area contributed by atoms with Gasteiger partial charge in [-0.2, -0.15) is 9.65 Å². The second-order valence-corrected chi connectivity index (χ2v) is 6.11. The Kier molecular flexibility index (Phi) is 4.33. The van der Waals surface area contributed by atoms with E-state index in [2.05, 4.69) is 21.4 Å². The minimum atomic E-state index is -1.12. The molecule has 1 saturated carbocycles. The van der Waals surface area contributed by atoms with E-state index in [-0.39, 0.29) is 17.5 Å². The van der Waals surface area contributed by atoms with Crippen molar-refractivity contribution in [3.63, 3.8) is 0 Å². The SMILES string of the molecule is N#CC1(Cc2cn(Cc3ccnc(F)c3F)nn2)CCCCC1. The van der Waals surface area contributed by atoms with Gasteiger partial charge in [-0.3, -0.25) is 0 Å². The first-order valence-electron chi connectivity index (χ1n) is 7.71. The minimum Gasteiger partial charge on any atom is -0.248 e. The Bertz CT molecular complexity index is 728. The Labute approximate surface area is 133 Å². The van der Waals surface area contributed by atoms with Gasteiger partial charge in [0.05, 0.1) is 23.7 Å². The van der Waals surface area contributed by atoms with E-state index in [4.69, 9.17) is 0 Å². The van der Waals surface area contributed by atoms with Gasteiger partial charge in [0, 0.05) is 24.4 Å². The van der Waals surface area contributed by atoms with Crippen LogP contribution in [-0.4, -0.2) is 20.0 Å². The van der Waals surface area contributed by atoms with E-state index < -0.39 is 11.8 Å². The molecule has 3 rings (SSSR count). The van der Waals surface area contributed by atoms with Crippen LogP contribution in [0.1, 0.15) is 43.4 Å². The first-order chi connectivity index (χ1) is 11.1. The Hall–Kier alpha value is -2.36. The third kappa shape index (κ3) is 3.36. The van der Waals surface area contributed by atoms with E-state index in [0.717, 1.165) is 25.7 Å². The predicted octanol–water partition coefficient (Wildman–Crippen LogP) is 3.02. The van der Waals surface area contributed by atoms with Gasteiger partial charge < -0.3 is 0 Å². The topological polar surface area (TPSA) is 67.4 Å². The number of aromatic nitrogens is 4. The molecule has 1 aliphatic rings. The van der Waals surface area contributed by atoms with E-state index in [1.165, 1.54) is 23.4 Å². The van der Waals surface area contributed by atoms with E-state index in [0.29, 0.717) is 12.1 Å². The summed E-state index contributed by atoms with van der Waals surface area (Å²) in [5.74, 6) is -2.08. The molecule has 0 radical (unpaired) electrons. The molecule has 0 saturated heterocycles. The summed E-state index contributed by atoms with van der Waals surface area (Å²) in [6.45, 7) is 0.0812. The maximum atomic E-state index is 13.6. The summed E-state index contributed by atoms with van der Waals surface area (Å²) in [4.78, 5) is 3.26. The van der Waals surface area contributed by atoms with Crippen molar-refractivity contribution < 1.29 is 8.78 Å². The van der Waals surface area contributed by atoms with Gasteiger partial charge in [0.1, 0.15) is 0 Å². The molecule has 120 valence electrons. The number of hydrogen-bond acceptors (Lipinski definition) is 4. The zero-order valence-electron chi connectivity index (χ0n) is 12.7. The molecule has 0 aliphatic heterocycles. The molecule has 0 amide bonds. The first kappa shape index (κ1) is 15.5. The standard InChI is InChI=1S/C16H17F2N5/c17-14-12(4-7-20-15(14)18)9-23-10-13(21-22-23)8-16(11-19)5-2-1-3-6-16/h4,7,10H,1-3,5-6,8-9H2. The molecule has 1 fully saturated rings. The summed E-state index contributed by atoms with van der Waals surface area (Å²) in [5, 5.41) is 17.6. The van der Waals surface area contributed by atoms with Gasteiger partial charge in [-0.1, -0.05) is 24.5 Å². The fraction of sp³-hybridized carbons (Fsp3) is 0.500. The molecular formula is C16H17F2N5. The third-order valence-electron chi connectivity index (χ3n) is 4.41.